The van der Waals surface area contributed by atoms with Gasteiger partial charge in [0.1, 0.15) is 0 Å². The van der Waals surface area contributed by atoms with Crippen LogP contribution in [-0.2, 0) is 12.8 Å². The van der Waals surface area contributed by atoms with Crippen LogP contribution < -0.4 is 0 Å². The Bertz CT molecular complexity index is 1040. The van der Waals surface area contributed by atoms with Gasteiger partial charge in [0.05, 0.1) is 0 Å². The molecule has 3 aromatic carbocycles. The Morgan fingerprint density at radius 3 is 2.07 bits per heavy atom. The zero-order valence-corrected chi connectivity index (χ0v) is 16.4. The largest absolute Gasteiger partial charge is 0.342 e. The van der Waals surface area contributed by atoms with Crippen LogP contribution >= 0.6 is 0 Å². The van der Waals surface area contributed by atoms with E-state index in [0.29, 0.717) is 6.04 Å². The lowest BCUT2D eigenvalue weighted by Gasteiger charge is -2.15. The third-order valence-electron chi connectivity index (χ3n) is 5.26. The predicted molar refractivity (Wildman–Crippen MR) is 116 cm³/mol. The highest BCUT2D eigenvalue weighted by Crippen LogP contribution is 2.27. The monoisotopic (exact) mass is 353 g/mol. The molecule has 0 aliphatic rings. The standard InChI is InChI=1S/C26H27N/c1-19(2)27-25(17-21-7-5-4-6-8-21)18-24-16-23(13-14-26(24)27)15-22-11-9-20(3)10-12-22/h4-14,16,18-19H,15,17H2,1-3H3. The first-order chi connectivity index (χ1) is 13.1. The van der Waals surface area contributed by atoms with E-state index in [0.717, 1.165) is 12.8 Å². The molecular weight excluding hydrogens is 326 g/mol. The molecule has 0 radical (unpaired) electrons. The summed E-state index contributed by atoms with van der Waals surface area (Å²) in [5.74, 6) is 0. The first kappa shape index (κ1) is 17.6. The van der Waals surface area contributed by atoms with E-state index in [-0.39, 0.29) is 0 Å². The molecule has 0 spiro atoms. The summed E-state index contributed by atoms with van der Waals surface area (Å²) in [6.45, 7) is 6.68. The second kappa shape index (κ2) is 7.44. The summed E-state index contributed by atoms with van der Waals surface area (Å²) < 4.78 is 2.48. The minimum atomic E-state index is 0.448. The van der Waals surface area contributed by atoms with Crippen molar-refractivity contribution >= 4 is 10.9 Å². The summed E-state index contributed by atoms with van der Waals surface area (Å²) in [4.78, 5) is 0. The van der Waals surface area contributed by atoms with Gasteiger partial charge in [-0.15, -0.1) is 0 Å². The molecule has 0 N–H and O–H groups in total. The van der Waals surface area contributed by atoms with Crippen molar-refractivity contribution in [1.82, 2.24) is 4.57 Å². The lowest BCUT2D eigenvalue weighted by Crippen LogP contribution is -2.05. The second-order valence-electron chi connectivity index (χ2n) is 7.82. The van der Waals surface area contributed by atoms with Crippen molar-refractivity contribution in [1.29, 1.82) is 0 Å². The van der Waals surface area contributed by atoms with Gasteiger partial charge >= 0.3 is 0 Å². The minimum Gasteiger partial charge on any atom is -0.342 e. The molecule has 0 saturated carbocycles. The van der Waals surface area contributed by atoms with Crippen LogP contribution in [0, 0.1) is 6.92 Å². The Morgan fingerprint density at radius 1 is 0.704 bits per heavy atom. The molecule has 1 nitrogen and oxygen atoms in total. The molecule has 0 fully saturated rings. The number of hydrogen-bond acceptors (Lipinski definition) is 0. The van der Waals surface area contributed by atoms with E-state index in [1.54, 1.807) is 0 Å². The fourth-order valence-corrected chi connectivity index (χ4v) is 3.95. The summed E-state index contributed by atoms with van der Waals surface area (Å²) in [6.07, 6.45) is 1.96. The number of rotatable bonds is 5. The Morgan fingerprint density at radius 2 is 1.37 bits per heavy atom. The summed E-state index contributed by atoms with van der Waals surface area (Å²) >= 11 is 0. The molecule has 1 heteroatoms. The van der Waals surface area contributed by atoms with E-state index < -0.39 is 0 Å². The predicted octanol–water partition coefficient (Wildman–Crippen LogP) is 6.71. The van der Waals surface area contributed by atoms with Gasteiger partial charge in [0, 0.05) is 29.1 Å². The molecule has 1 aromatic heterocycles. The van der Waals surface area contributed by atoms with Crippen LogP contribution in [-0.4, -0.2) is 4.57 Å². The first-order valence-corrected chi connectivity index (χ1v) is 9.82. The lowest BCUT2D eigenvalue weighted by molar-refractivity contribution is 0.600. The van der Waals surface area contributed by atoms with E-state index in [1.807, 2.05) is 0 Å². The Hall–Kier alpha value is -2.80. The van der Waals surface area contributed by atoms with Crippen LogP contribution in [0.25, 0.3) is 10.9 Å². The molecule has 136 valence electrons. The SMILES string of the molecule is Cc1ccc(Cc2ccc3c(c2)cc(Cc2ccccc2)n3C(C)C)cc1. The maximum atomic E-state index is 2.48. The molecule has 0 atom stereocenters. The van der Waals surface area contributed by atoms with Crippen LogP contribution in [0.1, 0.15) is 47.8 Å². The highest BCUT2D eigenvalue weighted by molar-refractivity contribution is 5.82. The molecule has 0 saturated heterocycles. The van der Waals surface area contributed by atoms with E-state index in [1.165, 1.54) is 38.9 Å². The zero-order chi connectivity index (χ0) is 18.8. The van der Waals surface area contributed by atoms with Crippen molar-refractivity contribution in [2.75, 3.05) is 0 Å². The summed E-state index contributed by atoms with van der Waals surface area (Å²) in [5, 5.41) is 1.35. The van der Waals surface area contributed by atoms with E-state index in [9.17, 15) is 0 Å². The Kier molecular flexibility index (Phi) is 4.85. The summed E-state index contributed by atoms with van der Waals surface area (Å²) in [6, 6.07) is 29.4. The van der Waals surface area contributed by atoms with Gasteiger partial charge in [0.15, 0.2) is 0 Å². The maximum absolute atomic E-state index is 2.48. The Labute approximate surface area is 162 Å². The fourth-order valence-electron chi connectivity index (χ4n) is 3.95. The molecule has 0 aliphatic carbocycles. The van der Waals surface area contributed by atoms with Crippen LogP contribution in [0.15, 0.2) is 78.9 Å². The van der Waals surface area contributed by atoms with Gasteiger partial charge in [-0.05, 0) is 62.1 Å². The van der Waals surface area contributed by atoms with Crippen molar-refractivity contribution in [2.45, 2.75) is 39.7 Å². The van der Waals surface area contributed by atoms with E-state index in [2.05, 4.69) is 104 Å². The third kappa shape index (κ3) is 3.83. The minimum absolute atomic E-state index is 0.448. The number of fused-ring (bicyclic) bond motifs is 1. The quantitative estimate of drug-likeness (QED) is 0.376. The molecule has 4 rings (SSSR count). The molecule has 0 amide bonds. The summed E-state index contributed by atoms with van der Waals surface area (Å²) in [7, 11) is 0. The molecular formula is C26H27N. The summed E-state index contributed by atoms with van der Waals surface area (Å²) in [5.41, 5.74) is 8.14. The molecule has 1 heterocycles. The van der Waals surface area contributed by atoms with Gasteiger partial charge in [-0.1, -0.05) is 66.2 Å². The number of nitrogens with zero attached hydrogens (tertiary/aromatic N) is 1. The number of aryl methyl sites for hydroxylation is 1. The van der Waals surface area contributed by atoms with Crippen molar-refractivity contribution in [3.63, 3.8) is 0 Å². The highest BCUT2D eigenvalue weighted by atomic mass is 15.0. The van der Waals surface area contributed by atoms with E-state index in [4.69, 9.17) is 0 Å². The zero-order valence-electron chi connectivity index (χ0n) is 16.4. The van der Waals surface area contributed by atoms with Gasteiger partial charge in [-0.25, -0.2) is 0 Å². The van der Waals surface area contributed by atoms with Crippen molar-refractivity contribution in [2.24, 2.45) is 0 Å². The van der Waals surface area contributed by atoms with Gasteiger partial charge < -0.3 is 4.57 Å². The molecule has 0 bridgehead atoms. The normalized spacial score (nSPS) is 11.4. The molecule has 4 aromatic rings. The van der Waals surface area contributed by atoms with Crippen LogP contribution in [0.2, 0.25) is 0 Å². The molecule has 27 heavy (non-hydrogen) atoms. The van der Waals surface area contributed by atoms with Gasteiger partial charge in [-0.3, -0.25) is 0 Å². The maximum Gasteiger partial charge on any atom is 0.0485 e. The fraction of sp³-hybridized carbons (Fsp3) is 0.231. The van der Waals surface area contributed by atoms with E-state index >= 15 is 0 Å². The molecule has 0 unspecified atom stereocenters. The van der Waals surface area contributed by atoms with Crippen LogP contribution in [0.4, 0.5) is 0 Å². The van der Waals surface area contributed by atoms with Gasteiger partial charge in [0.25, 0.3) is 0 Å². The topological polar surface area (TPSA) is 4.93 Å². The number of benzene rings is 3. The lowest BCUT2D eigenvalue weighted by atomic mass is 10.0. The van der Waals surface area contributed by atoms with Crippen LogP contribution in [0.3, 0.4) is 0 Å². The van der Waals surface area contributed by atoms with Crippen LogP contribution in [0.5, 0.6) is 0 Å². The number of hydrogen-bond donors (Lipinski definition) is 0. The Balaban J connectivity index is 1.69. The van der Waals surface area contributed by atoms with Gasteiger partial charge in [-0.2, -0.15) is 0 Å². The number of aromatic nitrogens is 1. The van der Waals surface area contributed by atoms with Crippen molar-refractivity contribution < 1.29 is 0 Å². The third-order valence-corrected chi connectivity index (χ3v) is 5.26. The van der Waals surface area contributed by atoms with Crippen molar-refractivity contribution in [3.05, 3.63) is 107 Å². The highest BCUT2D eigenvalue weighted by Gasteiger charge is 2.12. The first-order valence-electron chi connectivity index (χ1n) is 9.82. The second-order valence-corrected chi connectivity index (χ2v) is 7.82. The van der Waals surface area contributed by atoms with Crippen molar-refractivity contribution in [3.8, 4) is 0 Å². The van der Waals surface area contributed by atoms with Gasteiger partial charge in [0.2, 0.25) is 0 Å². The molecule has 0 aliphatic heterocycles. The average Bonchev–Trinajstić information content (AvgIpc) is 3.01. The smallest absolute Gasteiger partial charge is 0.0485 e. The average molecular weight is 354 g/mol.